The fourth-order valence-corrected chi connectivity index (χ4v) is 1.66. The summed E-state index contributed by atoms with van der Waals surface area (Å²) in [6.45, 7) is 2.17. The van der Waals surface area contributed by atoms with Crippen LogP contribution in [0.1, 0.15) is 51.9 Å². The summed E-state index contributed by atoms with van der Waals surface area (Å²) in [5.74, 6) is -4.37. The Labute approximate surface area is 121 Å². The molecule has 0 bridgehead atoms. The molecule has 0 amide bonds. The minimum Gasteiger partial charge on any atom is -0.479 e. The summed E-state index contributed by atoms with van der Waals surface area (Å²) in [4.78, 5) is 35.8. The van der Waals surface area contributed by atoms with Gasteiger partial charge in [0, 0.05) is 4.53 Å². The van der Waals surface area contributed by atoms with Crippen LogP contribution in [0.15, 0.2) is 0 Å². The Balaban J connectivity index is 4.18. The second kappa shape index (κ2) is 10.1. The van der Waals surface area contributed by atoms with Gasteiger partial charge in [-0.1, -0.05) is 32.6 Å². The highest BCUT2D eigenvalue weighted by Crippen LogP contribution is 2.18. The van der Waals surface area contributed by atoms with Gasteiger partial charge in [0.05, 0.1) is 19.4 Å². The Morgan fingerprint density at radius 3 is 2.14 bits per heavy atom. The van der Waals surface area contributed by atoms with E-state index >= 15 is 0 Å². The lowest BCUT2D eigenvalue weighted by atomic mass is 9.96. The predicted octanol–water partition coefficient (Wildman–Crippen LogP) is 1.52. The third-order valence-electron chi connectivity index (χ3n) is 2.87. The predicted molar refractivity (Wildman–Crippen MR) is 68.7 cm³/mol. The molecule has 0 fully saturated rings. The number of ether oxygens (including phenoxy) is 1. The summed E-state index contributed by atoms with van der Waals surface area (Å²) in [5.41, 5.74) is -2.73. The van der Waals surface area contributed by atoms with Crippen LogP contribution in [-0.4, -0.2) is 40.3 Å². The van der Waals surface area contributed by atoms with Crippen molar-refractivity contribution in [2.75, 3.05) is 6.61 Å². The molecule has 0 aliphatic rings. The van der Waals surface area contributed by atoms with E-state index < -0.39 is 36.4 Å². The van der Waals surface area contributed by atoms with Gasteiger partial charge in [0.15, 0.2) is 5.60 Å². The monoisotopic (exact) mass is 308 g/mol. The van der Waals surface area contributed by atoms with E-state index in [9.17, 15) is 24.0 Å². The number of hydrogen-bond donors (Lipinski definition) is 2. The molecular weight excluding hydrogens is 287 g/mol. The van der Waals surface area contributed by atoms with Crippen molar-refractivity contribution in [3.05, 3.63) is 0 Å². The minimum absolute atomic E-state index is 0.103. The zero-order valence-corrected chi connectivity index (χ0v) is 12.0. The molecule has 0 rings (SSSR count). The second-order valence-electron chi connectivity index (χ2n) is 4.77. The highest BCUT2D eigenvalue weighted by molar-refractivity contribution is 5.88. The largest absolute Gasteiger partial charge is 0.479 e. The summed E-state index contributed by atoms with van der Waals surface area (Å²) in [6, 6.07) is 0. The van der Waals surface area contributed by atoms with Gasteiger partial charge in [0.1, 0.15) is 0 Å². The van der Waals surface area contributed by atoms with E-state index in [0.717, 1.165) is 25.7 Å². The number of rotatable bonds is 11. The Bertz CT molecular complexity index is 358. The van der Waals surface area contributed by atoms with E-state index in [4.69, 9.17) is 9.84 Å². The smallest absolute Gasteiger partial charge is 0.352 e. The summed E-state index contributed by atoms with van der Waals surface area (Å²) in [5, 5.41) is 18.5. The van der Waals surface area contributed by atoms with Crippen LogP contribution in [0, 0.1) is 0 Å². The fourth-order valence-electron chi connectivity index (χ4n) is 1.66. The van der Waals surface area contributed by atoms with Crippen molar-refractivity contribution >= 4 is 17.9 Å². The first kappa shape index (κ1) is 19.3. The van der Waals surface area contributed by atoms with Crippen LogP contribution in [-0.2, 0) is 24.1 Å². The molecule has 7 nitrogen and oxygen atoms in total. The van der Waals surface area contributed by atoms with Gasteiger partial charge in [-0.15, -0.1) is 0 Å². The molecule has 0 aliphatic heterocycles. The van der Waals surface area contributed by atoms with Crippen molar-refractivity contribution < 1.29 is 38.8 Å². The SMILES string of the molecule is CCCCCCCOC(=O)CC(O)(CC(=O)OF)C(=O)O. The lowest BCUT2D eigenvalue weighted by molar-refractivity contribution is -0.194. The maximum absolute atomic E-state index is 11.6. The molecule has 1 atom stereocenters. The molecule has 2 N–H and O–H groups in total. The normalized spacial score (nSPS) is 13.3. The zero-order valence-electron chi connectivity index (χ0n) is 12.0. The maximum Gasteiger partial charge on any atom is 0.352 e. The van der Waals surface area contributed by atoms with Crippen molar-refractivity contribution in [2.24, 2.45) is 0 Å². The first-order valence-electron chi connectivity index (χ1n) is 6.78. The Morgan fingerprint density at radius 1 is 1.05 bits per heavy atom. The summed E-state index contributed by atoms with van der Waals surface area (Å²) < 4.78 is 16.4. The molecule has 0 aromatic rings. The van der Waals surface area contributed by atoms with Gasteiger partial charge in [-0.25, -0.2) is 9.59 Å². The zero-order chi connectivity index (χ0) is 16.3. The van der Waals surface area contributed by atoms with Crippen molar-refractivity contribution in [3.8, 4) is 0 Å². The molecule has 0 radical (unpaired) electrons. The first-order chi connectivity index (χ1) is 9.85. The Kier molecular flexibility index (Phi) is 9.27. The van der Waals surface area contributed by atoms with Gasteiger partial charge < -0.3 is 14.9 Å². The van der Waals surface area contributed by atoms with E-state index in [0.29, 0.717) is 6.42 Å². The van der Waals surface area contributed by atoms with E-state index in [1.54, 1.807) is 0 Å². The molecule has 0 saturated heterocycles. The topological polar surface area (TPSA) is 110 Å². The van der Waals surface area contributed by atoms with Gasteiger partial charge in [-0.05, 0) is 6.42 Å². The van der Waals surface area contributed by atoms with Crippen LogP contribution in [0.2, 0.25) is 0 Å². The molecule has 122 valence electrons. The molecular formula is C13H21FO7. The molecule has 21 heavy (non-hydrogen) atoms. The highest BCUT2D eigenvalue weighted by atomic mass is 19.3. The summed E-state index contributed by atoms with van der Waals surface area (Å²) >= 11 is 0. The summed E-state index contributed by atoms with van der Waals surface area (Å²) in [6.07, 6.45) is 2.54. The van der Waals surface area contributed by atoms with Crippen LogP contribution < -0.4 is 0 Å². The molecule has 0 heterocycles. The number of carboxylic acids is 1. The van der Waals surface area contributed by atoms with Crippen LogP contribution >= 0.6 is 0 Å². The molecule has 8 heteroatoms. The highest BCUT2D eigenvalue weighted by Gasteiger charge is 2.42. The maximum atomic E-state index is 11.6. The molecule has 1 unspecified atom stereocenters. The Morgan fingerprint density at radius 2 is 1.62 bits per heavy atom. The van der Waals surface area contributed by atoms with E-state index in [2.05, 4.69) is 11.9 Å². The Hall–Kier alpha value is -1.70. The third-order valence-corrected chi connectivity index (χ3v) is 2.87. The first-order valence-corrected chi connectivity index (χ1v) is 6.78. The molecule has 0 saturated carbocycles. The quantitative estimate of drug-likeness (QED) is 0.440. The van der Waals surface area contributed by atoms with Gasteiger partial charge in [0.25, 0.3) is 0 Å². The van der Waals surface area contributed by atoms with Crippen molar-refractivity contribution in [1.29, 1.82) is 0 Å². The lowest BCUT2D eigenvalue weighted by Crippen LogP contribution is -2.43. The van der Waals surface area contributed by atoms with Gasteiger partial charge >= 0.3 is 17.9 Å². The number of carbonyl (C=O) groups is 3. The molecule has 0 aliphatic carbocycles. The molecule has 0 aromatic heterocycles. The number of unbranched alkanes of at least 4 members (excludes halogenated alkanes) is 4. The van der Waals surface area contributed by atoms with Gasteiger partial charge in [-0.2, -0.15) is 0 Å². The average molecular weight is 308 g/mol. The number of esters is 1. The van der Waals surface area contributed by atoms with Gasteiger partial charge in [-0.3, -0.25) is 9.74 Å². The summed E-state index contributed by atoms with van der Waals surface area (Å²) in [7, 11) is 0. The third kappa shape index (κ3) is 8.23. The molecule has 0 aromatic carbocycles. The average Bonchev–Trinajstić information content (AvgIpc) is 2.42. The number of aliphatic carboxylic acids is 1. The van der Waals surface area contributed by atoms with E-state index in [1.807, 2.05) is 0 Å². The van der Waals surface area contributed by atoms with Gasteiger partial charge in [0.2, 0.25) is 0 Å². The lowest BCUT2D eigenvalue weighted by Gasteiger charge is -2.20. The van der Waals surface area contributed by atoms with E-state index in [-0.39, 0.29) is 6.61 Å². The minimum atomic E-state index is -2.73. The molecule has 0 spiro atoms. The number of halogens is 1. The number of aliphatic hydroxyl groups is 1. The second-order valence-corrected chi connectivity index (χ2v) is 4.77. The van der Waals surface area contributed by atoms with Crippen molar-refractivity contribution in [2.45, 2.75) is 57.5 Å². The standard InChI is InChI=1S/C13H21FO7/c1-2-3-4-5-6-7-20-10(15)8-13(19,12(17)18)9-11(16)21-14/h19H,2-9H2,1H3,(H,17,18). The van der Waals surface area contributed by atoms with Crippen LogP contribution in [0.4, 0.5) is 4.53 Å². The number of carboxylic acid groups (broad SMARTS) is 1. The van der Waals surface area contributed by atoms with Crippen molar-refractivity contribution in [1.82, 2.24) is 0 Å². The number of carbonyl (C=O) groups excluding carboxylic acids is 2. The van der Waals surface area contributed by atoms with Crippen LogP contribution in [0.25, 0.3) is 0 Å². The van der Waals surface area contributed by atoms with E-state index in [1.165, 1.54) is 0 Å². The number of hydrogen-bond acceptors (Lipinski definition) is 6. The van der Waals surface area contributed by atoms with Crippen LogP contribution in [0.5, 0.6) is 0 Å². The fraction of sp³-hybridized carbons (Fsp3) is 0.769. The van der Waals surface area contributed by atoms with Crippen molar-refractivity contribution in [3.63, 3.8) is 0 Å². The van der Waals surface area contributed by atoms with Crippen LogP contribution in [0.3, 0.4) is 0 Å².